The lowest BCUT2D eigenvalue weighted by molar-refractivity contribution is -0.127. The number of amides is 3. The summed E-state index contributed by atoms with van der Waals surface area (Å²) in [6.45, 7) is 2.84. The second kappa shape index (κ2) is 13.9. The second-order valence-electron chi connectivity index (χ2n) is 11.8. The average molecular weight is 714 g/mol. The first-order chi connectivity index (χ1) is 21.0. The number of imidazole rings is 1. The molecule has 1 unspecified atom stereocenters. The molecule has 2 N–H and O–H groups in total. The minimum absolute atomic E-state index is 0.112. The van der Waals surface area contributed by atoms with Gasteiger partial charge in [0, 0.05) is 66.3 Å². The fourth-order valence-electron chi connectivity index (χ4n) is 6.83. The van der Waals surface area contributed by atoms with Gasteiger partial charge in [0.15, 0.2) is 0 Å². The van der Waals surface area contributed by atoms with Gasteiger partial charge in [0.05, 0.1) is 18.1 Å². The van der Waals surface area contributed by atoms with Gasteiger partial charge in [-0.1, -0.05) is 47.3 Å². The maximum Gasteiger partial charge on any atom is 0.318 e. The summed E-state index contributed by atoms with van der Waals surface area (Å²) in [4.78, 5) is 40.7. The highest BCUT2D eigenvalue weighted by atomic mass is 79.9. The van der Waals surface area contributed by atoms with Gasteiger partial charge in [-0.2, -0.15) is 0 Å². The summed E-state index contributed by atoms with van der Waals surface area (Å²) >= 11 is 7.48. The highest BCUT2D eigenvalue weighted by molar-refractivity contribution is 9.10. The summed E-state index contributed by atoms with van der Waals surface area (Å²) in [5.41, 5.74) is 4.72. The lowest BCUT2D eigenvalue weighted by Crippen LogP contribution is -2.63. The molecule has 3 heterocycles. The van der Waals surface area contributed by atoms with Crippen LogP contribution in [0.2, 0.25) is 0 Å². The van der Waals surface area contributed by atoms with E-state index in [9.17, 15) is 9.59 Å². The van der Waals surface area contributed by atoms with Crippen molar-refractivity contribution in [1.82, 2.24) is 35.0 Å². The molecule has 0 bridgehead atoms. The number of urea groups is 1. The van der Waals surface area contributed by atoms with E-state index < -0.39 is 6.04 Å². The van der Waals surface area contributed by atoms with E-state index in [-0.39, 0.29) is 24.0 Å². The number of carbonyl (C=O) groups excluding carboxylic acids is 2. The van der Waals surface area contributed by atoms with Crippen LogP contribution >= 0.6 is 31.9 Å². The standard InChI is InChI=1S/C32H39Br2N7O2/c33-24-18-23-11-10-22-6-4-9-26(34)28(22)30(29(23)37-19-24)40-16-17-41(32(43)38-25-7-2-1-3-8-25)27(20-40)31(42)36-12-5-14-39-15-13-35-21-39/h4,6,9,13,15,18-19,21,25,27,30H,1-3,5,7-8,10-12,14,16-17,20H2,(H,36,42)(H,38,43)/t27-,30?/m1/s1. The van der Waals surface area contributed by atoms with Crippen LogP contribution in [-0.4, -0.2) is 74.5 Å². The van der Waals surface area contributed by atoms with Crippen molar-refractivity contribution in [3.63, 3.8) is 0 Å². The summed E-state index contributed by atoms with van der Waals surface area (Å²) in [5, 5.41) is 6.41. The number of pyridine rings is 1. The zero-order chi connectivity index (χ0) is 29.8. The highest BCUT2D eigenvalue weighted by Gasteiger charge is 2.41. The Labute approximate surface area is 270 Å². The molecule has 2 aliphatic carbocycles. The number of carbonyl (C=O) groups is 2. The van der Waals surface area contributed by atoms with E-state index in [1.54, 1.807) is 17.4 Å². The van der Waals surface area contributed by atoms with Crippen LogP contribution in [0.1, 0.15) is 67.0 Å². The number of hydrogen-bond donors (Lipinski definition) is 2. The van der Waals surface area contributed by atoms with Crippen LogP contribution in [0.3, 0.4) is 0 Å². The molecule has 6 rings (SSSR count). The van der Waals surface area contributed by atoms with Crippen molar-refractivity contribution in [1.29, 1.82) is 0 Å². The Balaban J connectivity index is 1.26. The van der Waals surface area contributed by atoms with Crippen molar-refractivity contribution >= 4 is 43.8 Å². The van der Waals surface area contributed by atoms with Gasteiger partial charge in [-0.25, -0.2) is 9.78 Å². The summed E-state index contributed by atoms with van der Waals surface area (Å²) in [7, 11) is 0. The number of nitrogens with zero attached hydrogens (tertiary/aromatic N) is 5. The van der Waals surface area contributed by atoms with Crippen LogP contribution in [0.15, 0.2) is 58.1 Å². The van der Waals surface area contributed by atoms with E-state index >= 15 is 0 Å². The summed E-state index contributed by atoms with van der Waals surface area (Å²) < 4.78 is 4.01. The summed E-state index contributed by atoms with van der Waals surface area (Å²) in [5.74, 6) is -0.112. The van der Waals surface area contributed by atoms with Crippen LogP contribution in [0.25, 0.3) is 0 Å². The van der Waals surface area contributed by atoms with Crippen LogP contribution in [-0.2, 0) is 24.2 Å². The van der Waals surface area contributed by atoms with Gasteiger partial charge in [-0.15, -0.1) is 0 Å². The molecule has 1 aromatic carbocycles. The molecule has 2 atom stereocenters. The number of piperazine rings is 1. The number of aryl methyl sites for hydroxylation is 3. The maximum atomic E-state index is 13.9. The first-order valence-corrected chi connectivity index (χ1v) is 17.0. The number of halogens is 2. The molecule has 2 fully saturated rings. The SMILES string of the molecule is O=C(NCCCn1ccnc1)[C@H]1CN(C2c3ncc(Br)cc3CCc3cccc(Br)c32)CCN1C(=O)NC1CCCCC1. The largest absolute Gasteiger partial charge is 0.354 e. The van der Waals surface area contributed by atoms with Gasteiger partial charge < -0.3 is 20.1 Å². The molecule has 2 aromatic heterocycles. The van der Waals surface area contributed by atoms with Crippen molar-refractivity contribution in [2.75, 3.05) is 26.2 Å². The smallest absolute Gasteiger partial charge is 0.318 e. The first-order valence-electron chi connectivity index (χ1n) is 15.4. The molecule has 9 nitrogen and oxygen atoms in total. The third kappa shape index (κ3) is 6.99. The summed E-state index contributed by atoms with van der Waals surface area (Å²) in [6, 6.07) is 7.86. The minimum atomic E-state index is -0.612. The Morgan fingerprint density at radius 2 is 1.88 bits per heavy atom. The number of rotatable bonds is 7. The monoisotopic (exact) mass is 711 g/mol. The minimum Gasteiger partial charge on any atom is -0.354 e. The van der Waals surface area contributed by atoms with Gasteiger partial charge in [0.2, 0.25) is 5.91 Å². The normalized spacial score (nSPS) is 21.0. The molecule has 1 aliphatic heterocycles. The van der Waals surface area contributed by atoms with E-state index in [1.165, 1.54) is 23.1 Å². The van der Waals surface area contributed by atoms with E-state index in [0.29, 0.717) is 26.2 Å². The molecule has 3 aliphatic rings. The van der Waals surface area contributed by atoms with Gasteiger partial charge in [0.25, 0.3) is 0 Å². The van der Waals surface area contributed by atoms with Crippen LogP contribution in [0, 0.1) is 0 Å². The Kier molecular flexibility index (Phi) is 9.79. The zero-order valence-electron chi connectivity index (χ0n) is 24.4. The number of aromatic nitrogens is 3. The molecule has 0 radical (unpaired) electrons. The van der Waals surface area contributed by atoms with Gasteiger partial charge in [-0.3, -0.25) is 14.7 Å². The van der Waals surface area contributed by atoms with Gasteiger partial charge in [0.1, 0.15) is 6.04 Å². The van der Waals surface area contributed by atoms with Crippen molar-refractivity contribution in [2.24, 2.45) is 0 Å². The molecule has 11 heteroatoms. The fourth-order valence-corrected chi connectivity index (χ4v) is 7.83. The molecule has 43 heavy (non-hydrogen) atoms. The molecule has 0 spiro atoms. The van der Waals surface area contributed by atoms with Crippen molar-refractivity contribution in [3.8, 4) is 0 Å². The molecule has 228 valence electrons. The van der Waals surface area contributed by atoms with Crippen LogP contribution in [0.4, 0.5) is 4.79 Å². The average Bonchev–Trinajstić information content (AvgIpc) is 3.48. The van der Waals surface area contributed by atoms with E-state index in [2.05, 4.69) is 76.6 Å². The molecule has 3 aromatic rings. The lowest BCUT2D eigenvalue weighted by Gasteiger charge is -2.44. The Morgan fingerprint density at radius 1 is 1.05 bits per heavy atom. The highest BCUT2D eigenvalue weighted by Crippen LogP contribution is 2.41. The quantitative estimate of drug-likeness (QED) is 0.328. The van der Waals surface area contributed by atoms with Crippen molar-refractivity contribution in [3.05, 3.63) is 80.5 Å². The molecular weight excluding hydrogens is 674 g/mol. The topological polar surface area (TPSA) is 95.4 Å². The van der Waals surface area contributed by atoms with Crippen LogP contribution in [0.5, 0.6) is 0 Å². The fraction of sp³-hybridized carbons (Fsp3) is 0.500. The predicted molar refractivity (Wildman–Crippen MR) is 173 cm³/mol. The number of fused-ring (bicyclic) bond motifs is 2. The van der Waals surface area contributed by atoms with Gasteiger partial charge >= 0.3 is 6.03 Å². The van der Waals surface area contributed by atoms with E-state index in [4.69, 9.17) is 4.98 Å². The molecular formula is C32H39Br2N7O2. The first kappa shape index (κ1) is 30.3. The number of nitrogens with one attached hydrogen (secondary N) is 2. The maximum absolute atomic E-state index is 13.9. The molecule has 3 amide bonds. The van der Waals surface area contributed by atoms with E-state index in [0.717, 1.165) is 66.1 Å². The van der Waals surface area contributed by atoms with Crippen molar-refractivity contribution in [2.45, 2.75) is 76.0 Å². The van der Waals surface area contributed by atoms with Crippen molar-refractivity contribution < 1.29 is 9.59 Å². The van der Waals surface area contributed by atoms with Crippen LogP contribution < -0.4 is 10.6 Å². The lowest BCUT2D eigenvalue weighted by atomic mass is 9.95. The third-order valence-corrected chi connectivity index (χ3v) is 10.2. The zero-order valence-corrected chi connectivity index (χ0v) is 27.5. The Bertz CT molecular complexity index is 1430. The van der Waals surface area contributed by atoms with Gasteiger partial charge in [-0.05, 0) is 76.9 Å². The molecule has 1 saturated carbocycles. The summed E-state index contributed by atoms with van der Waals surface area (Å²) in [6.07, 6.45) is 15.4. The number of benzene rings is 1. The molecule has 1 saturated heterocycles. The Morgan fingerprint density at radius 3 is 2.70 bits per heavy atom. The number of hydrogen-bond acceptors (Lipinski definition) is 5. The van der Waals surface area contributed by atoms with E-state index in [1.807, 2.05) is 17.0 Å². The second-order valence-corrected chi connectivity index (χ2v) is 13.6. The Hall–Kier alpha value is -2.76. The predicted octanol–water partition coefficient (Wildman–Crippen LogP) is 5.23. The third-order valence-electron chi connectivity index (χ3n) is 9.03.